The van der Waals surface area contributed by atoms with Gasteiger partial charge in [-0.25, -0.2) is 14.8 Å². The van der Waals surface area contributed by atoms with Crippen molar-refractivity contribution >= 4 is 17.8 Å². The maximum absolute atomic E-state index is 12.7. The minimum atomic E-state index is -1.16. The number of carbonyl (C=O) groups excluding carboxylic acids is 2. The van der Waals surface area contributed by atoms with Gasteiger partial charge in [0.15, 0.2) is 0 Å². The SMILES string of the molecule is N[C@@H](Cc1cnc[nH]1)C(=O)N1CCC[C@H]1C(=O)N[C@@H](Cc1cnc[nH]1)C(=O)O. The molecule has 0 aliphatic carbocycles. The van der Waals surface area contributed by atoms with E-state index in [1.54, 1.807) is 6.20 Å². The summed E-state index contributed by atoms with van der Waals surface area (Å²) in [6, 6.07) is -2.66. The Bertz CT molecular complexity index is 806. The lowest BCUT2D eigenvalue weighted by Crippen LogP contribution is -2.54. The molecule has 150 valence electrons. The molecule has 2 aromatic heterocycles. The van der Waals surface area contributed by atoms with Crippen LogP contribution in [0.5, 0.6) is 0 Å². The maximum atomic E-state index is 12.7. The zero-order valence-corrected chi connectivity index (χ0v) is 15.2. The Hall–Kier alpha value is -3.21. The van der Waals surface area contributed by atoms with Gasteiger partial charge in [-0.05, 0) is 12.8 Å². The van der Waals surface area contributed by atoms with Crippen molar-refractivity contribution in [3.8, 4) is 0 Å². The van der Waals surface area contributed by atoms with Crippen molar-refractivity contribution in [2.45, 2.75) is 43.8 Å². The normalized spacial score (nSPS) is 18.6. The van der Waals surface area contributed by atoms with E-state index in [0.29, 0.717) is 25.1 Å². The highest BCUT2D eigenvalue weighted by atomic mass is 16.4. The Balaban J connectivity index is 1.62. The number of hydrogen-bond acceptors (Lipinski definition) is 6. The van der Waals surface area contributed by atoms with Crippen LogP contribution in [0.2, 0.25) is 0 Å². The molecule has 3 atom stereocenters. The van der Waals surface area contributed by atoms with E-state index in [4.69, 9.17) is 5.73 Å². The molecule has 0 spiro atoms. The van der Waals surface area contributed by atoms with Gasteiger partial charge in [-0.15, -0.1) is 0 Å². The summed E-state index contributed by atoms with van der Waals surface area (Å²) in [6.07, 6.45) is 7.50. The summed E-state index contributed by atoms with van der Waals surface area (Å²) in [4.78, 5) is 51.8. The quantitative estimate of drug-likeness (QED) is 0.378. The smallest absolute Gasteiger partial charge is 0.326 e. The van der Waals surface area contributed by atoms with Crippen molar-refractivity contribution in [1.29, 1.82) is 0 Å². The third-order valence-corrected chi connectivity index (χ3v) is 4.74. The number of likely N-dealkylation sites (tertiary alicyclic amines) is 1. The van der Waals surface area contributed by atoms with Crippen molar-refractivity contribution < 1.29 is 19.5 Å². The van der Waals surface area contributed by atoms with Crippen LogP contribution in [0, 0.1) is 0 Å². The highest BCUT2D eigenvalue weighted by Crippen LogP contribution is 2.19. The summed E-state index contributed by atoms with van der Waals surface area (Å²) in [6.45, 7) is 0.409. The van der Waals surface area contributed by atoms with Gasteiger partial charge in [0.2, 0.25) is 11.8 Å². The summed E-state index contributed by atoms with van der Waals surface area (Å²) in [5, 5.41) is 11.9. The predicted octanol–water partition coefficient (Wildman–Crippen LogP) is -1.19. The van der Waals surface area contributed by atoms with E-state index in [1.807, 2.05) is 0 Å². The highest BCUT2D eigenvalue weighted by molar-refractivity contribution is 5.92. The average Bonchev–Trinajstić information content (AvgIpc) is 3.42. The molecule has 11 heteroatoms. The van der Waals surface area contributed by atoms with Crippen molar-refractivity contribution in [2.75, 3.05) is 6.54 Å². The van der Waals surface area contributed by atoms with E-state index in [-0.39, 0.29) is 18.7 Å². The lowest BCUT2D eigenvalue weighted by atomic mass is 10.1. The monoisotopic (exact) mass is 389 g/mol. The number of aromatic nitrogens is 4. The summed E-state index contributed by atoms with van der Waals surface area (Å²) in [5.74, 6) is -1.99. The maximum Gasteiger partial charge on any atom is 0.326 e. The van der Waals surface area contributed by atoms with Crippen LogP contribution in [0.25, 0.3) is 0 Å². The summed E-state index contributed by atoms with van der Waals surface area (Å²) in [7, 11) is 0. The van der Waals surface area contributed by atoms with Crippen LogP contribution >= 0.6 is 0 Å². The number of amides is 2. The fraction of sp³-hybridized carbons (Fsp3) is 0.471. The molecule has 0 saturated carbocycles. The molecule has 0 bridgehead atoms. The largest absolute Gasteiger partial charge is 0.480 e. The number of aromatic amines is 2. The first-order valence-electron chi connectivity index (χ1n) is 8.99. The number of nitrogens with zero attached hydrogens (tertiary/aromatic N) is 3. The molecule has 3 rings (SSSR count). The number of carbonyl (C=O) groups is 3. The van der Waals surface area contributed by atoms with Gasteiger partial charge in [0.25, 0.3) is 0 Å². The van der Waals surface area contributed by atoms with Crippen LogP contribution in [-0.4, -0.2) is 72.4 Å². The van der Waals surface area contributed by atoms with Gasteiger partial charge in [0.1, 0.15) is 12.1 Å². The zero-order valence-electron chi connectivity index (χ0n) is 15.2. The number of nitrogens with one attached hydrogen (secondary N) is 3. The lowest BCUT2D eigenvalue weighted by Gasteiger charge is -2.27. The molecule has 1 aliphatic heterocycles. The Labute approximate surface area is 160 Å². The standard InChI is InChI=1S/C17H23N7O4/c18-12(4-10-6-19-8-21-10)16(26)24-3-1-2-14(24)15(25)23-13(17(27)28)5-11-7-20-9-22-11/h6-9,12-14H,1-5,18H2,(H,19,21)(H,20,22)(H,23,25)(H,27,28)/t12-,13-,14-/m0/s1. The Kier molecular flexibility index (Phi) is 6.04. The van der Waals surface area contributed by atoms with Crippen LogP contribution in [0.15, 0.2) is 25.0 Å². The van der Waals surface area contributed by atoms with E-state index in [0.717, 1.165) is 5.69 Å². The topological polar surface area (TPSA) is 170 Å². The van der Waals surface area contributed by atoms with E-state index in [1.165, 1.54) is 23.8 Å². The fourth-order valence-corrected chi connectivity index (χ4v) is 3.32. The van der Waals surface area contributed by atoms with E-state index in [9.17, 15) is 19.5 Å². The molecule has 3 heterocycles. The molecule has 28 heavy (non-hydrogen) atoms. The van der Waals surface area contributed by atoms with Crippen LogP contribution in [0.3, 0.4) is 0 Å². The van der Waals surface area contributed by atoms with Gasteiger partial charge in [-0.1, -0.05) is 0 Å². The highest BCUT2D eigenvalue weighted by Gasteiger charge is 2.37. The average molecular weight is 389 g/mol. The lowest BCUT2D eigenvalue weighted by molar-refractivity contribution is -0.144. The van der Waals surface area contributed by atoms with E-state index < -0.39 is 30.0 Å². The van der Waals surface area contributed by atoms with Crippen molar-refractivity contribution in [3.05, 3.63) is 36.4 Å². The predicted molar refractivity (Wildman–Crippen MR) is 96.9 cm³/mol. The zero-order chi connectivity index (χ0) is 20.1. The number of carboxylic acids is 1. The molecule has 0 unspecified atom stereocenters. The van der Waals surface area contributed by atoms with Crippen LogP contribution < -0.4 is 11.1 Å². The van der Waals surface area contributed by atoms with Crippen molar-refractivity contribution in [2.24, 2.45) is 5.73 Å². The second-order valence-corrected chi connectivity index (χ2v) is 6.76. The Morgan fingerprint density at radius 2 is 1.86 bits per heavy atom. The number of imidazole rings is 2. The Morgan fingerprint density at radius 1 is 1.21 bits per heavy atom. The molecule has 11 nitrogen and oxygen atoms in total. The molecular formula is C17H23N7O4. The number of hydrogen-bond donors (Lipinski definition) is 5. The van der Waals surface area contributed by atoms with Crippen LogP contribution in [-0.2, 0) is 27.2 Å². The minimum Gasteiger partial charge on any atom is -0.480 e. The van der Waals surface area contributed by atoms with Gasteiger partial charge >= 0.3 is 5.97 Å². The van der Waals surface area contributed by atoms with Gasteiger partial charge in [0, 0.05) is 43.2 Å². The molecular weight excluding hydrogens is 366 g/mol. The molecule has 1 fully saturated rings. The molecule has 2 amide bonds. The number of rotatable bonds is 8. The van der Waals surface area contributed by atoms with Crippen molar-refractivity contribution in [3.63, 3.8) is 0 Å². The molecule has 0 aromatic carbocycles. The van der Waals surface area contributed by atoms with E-state index >= 15 is 0 Å². The molecule has 1 aliphatic rings. The van der Waals surface area contributed by atoms with Gasteiger partial charge in [-0.2, -0.15) is 0 Å². The summed E-state index contributed by atoms with van der Waals surface area (Å²) in [5.41, 5.74) is 7.33. The molecule has 0 radical (unpaired) electrons. The van der Waals surface area contributed by atoms with E-state index in [2.05, 4.69) is 25.3 Å². The number of carboxylic acid groups (broad SMARTS) is 1. The third-order valence-electron chi connectivity index (χ3n) is 4.74. The number of H-pyrrole nitrogens is 2. The number of nitrogens with two attached hydrogens (primary N) is 1. The summed E-state index contributed by atoms with van der Waals surface area (Å²) < 4.78 is 0. The van der Waals surface area contributed by atoms with Gasteiger partial charge in [0.05, 0.1) is 18.7 Å². The molecule has 2 aromatic rings. The van der Waals surface area contributed by atoms with Crippen LogP contribution in [0.1, 0.15) is 24.2 Å². The third kappa shape index (κ3) is 4.55. The van der Waals surface area contributed by atoms with Gasteiger partial charge in [-0.3, -0.25) is 9.59 Å². The first-order chi connectivity index (χ1) is 13.5. The van der Waals surface area contributed by atoms with Crippen molar-refractivity contribution in [1.82, 2.24) is 30.2 Å². The first-order valence-corrected chi connectivity index (χ1v) is 8.99. The second-order valence-electron chi connectivity index (χ2n) is 6.76. The number of aliphatic carboxylic acids is 1. The van der Waals surface area contributed by atoms with Gasteiger partial charge < -0.3 is 31.0 Å². The Morgan fingerprint density at radius 3 is 2.43 bits per heavy atom. The van der Waals surface area contributed by atoms with Crippen LogP contribution in [0.4, 0.5) is 0 Å². The first kappa shape index (κ1) is 19.5. The second kappa shape index (κ2) is 8.65. The minimum absolute atomic E-state index is 0.0705. The summed E-state index contributed by atoms with van der Waals surface area (Å²) >= 11 is 0. The molecule has 6 N–H and O–H groups in total. The molecule has 1 saturated heterocycles. The fourth-order valence-electron chi connectivity index (χ4n) is 3.32.